The number of rotatable bonds is 3. The van der Waals surface area contributed by atoms with Crippen molar-refractivity contribution in [2.75, 3.05) is 5.73 Å². The van der Waals surface area contributed by atoms with E-state index in [1.54, 1.807) is 18.5 Å². The Labute approximate surface area is 112 Å². The normalized spacial score (nSPS) is 10.1. The zero-order chi connectivity index (χ0) is 13.0. The Morgan fingerprint density at radius 3 is 3.00 bits per heavy atom. The number of ether oxygens (including phenoxy) is 1. The van der Waals surface area contributed by atoms with E-state index in [1.165, 1.54) is 12.3 Å². The van der Waals surface area contributed by atoms with Crippen LogP contribution in [0.3, 0.4) is 0 Å². The molecular formula is C12H10BrN3O2. The van der Waals surface area contributed by atoms with Gasteiger partial charge in [-0.3, -0.25) is 4.98 Å². The number of carbonyl (C=O) groups is 1. The Balaban J connectivity index is 2.06. The lowest BCUT2D eigenvalue weighted by Crippen LogP contribution is -2.07. The van der Waals surface area contributed by atoms with Gasteiger partial charge in [-0.15, -0.1) is 0 Å². The highest BCUT2D eigenvalue weighted by atomic mass is 79.9. The SMILES string of the molecule is Nc1cc(C(=O)OCc2cccnc2)c(Br)cn1. The topological polar surface area (TPSA) is 78.1 Å². The average molecular weight is 308 g/mol. The summed E-state index contributed by atoms with van der Waals surface area (Å²) < 4.78 is 5.71. The number of halogens is 1. The second kappa shape index (κ2) is 5.59. The van der Waals surface area contributed by atoms with Gasteiger partial charge in [-0.1, -0.05) is 6.07 Å². The van der Waals surface area contributed by atoms with Crippen LogP contribution in [0.1, 0.15) is 15.9 Å². The van der Waals surface area contributed by atoms with Crippen LogP contribution < -0.4 is 5.73 Å². The van der Waals surface area contributed by atoms with E-state index in [1.807, 2.05) is 6.07 Å². The predicted octanol–water partition coefficient (Wildman–Crippen LogP) is 2.18. The first-order chi connectivity index (χ1) is 8.66. The Bertz CT molecular complexity index is 561. The summed E-state index contributed by atoms with van der Waals surface area (Å²) in [4.78, 5) is 19.6. The van der Waals surface area contributed by atoms with Gasteiger partial charge in [-0.2, -0.15) is 0 Å². The zero-order valence-electron chi connectivity index (χ0n) is 9.34. The molecule has 18 heavy (non-hydrogen) atoms. The van der Waals surface area contributed by atoms with Crippen LogP contribution in [0.2, 0.25) is 0 Å². The molecule has 0 aliphatic carbocycles. The molecule has 92 valence electrons. The van der Waals surface area contributed by atoms with Crippen molar-refractivity contribution in [3.8, 4) is 0 Å². The number of anilines is 1. The van der Waals surface area contributed by atoms with Crippen LogP contribution in [0.15, 0.2) is 41.3 Å². The van der Waals surface area contributed by atoms with Crippen molar-refractivity contribution in [1.29, 1.82) is 0 Å². The summed E-state index contributed by atoms with van der Waals surface area (Å²) in [6.07, 6.45) is 4.77. The van der Waals surface area contributed by atoms with E-state index in [2.05, 4.69) is 25.9 Å². The van der Waals surface area contributed by atoms with Crippen LogP contribution in [0.25, 0.3) is 0 Å². The first-order valence-corrected chi connectivity index (χ1v) is 5.93. The van der Waals surface area contributed by atoms with Crippen molar-refractivity contribution in [2.45, 2.75) is 6.61 Å². The van der Waals surface area contributed by atoms with Gasteiger partial charge in [0.15, 0.2) is 0 Å². The maximum absolute atomic E-state index is 11.8. The Hall–Kier alpha value is -1.95. The molecule has 0 atom stereocenters. The molecule has 0 radical (unpaired) electrons. The summed E-state index contributed by atoms with van der Waals surface area (Å²) in [5, 5.41) is 0. The van der Waals surface area contributed by atoms with E-state index in [9.17, 15) is 4.79 Å². The number of hydrogen-bond acceptors (Lipinski definition) is 5. The molecule has 0 aliphatic rings. The van der Waals surface area contributed by atoms with E-state index in [0.717, 1.165) is 5.56 Å². The summed E-state index contributed by atoms with van der Waals surface area (Å²) in [5.41, 5.74) is 6.70. The smallest absolute Gasteiger partial charge is 0.339 e. The van der Waals surface area contributed by atoms with Crippen molar-refractivity contribution in [3.05, 3.63) is 52.4 Å². The Morgan fingerprint density at radius 1 is 1.44 bits per heavy atom. The van der Waals surface area contributed by atoms with E-state index < -0.39 is 5.97 Å². The lowest BCUT2D eigenvalue weighted by Gasteiger charge is -2.06. The molecule has 2 N–H and O–H groups in total. The van der Waals surface area contributed by atoms with Crippen LogP contribution >= 0.6 is 15.9 Å². The molecule has 0 saturated heterocycles. The van der Waals surface area contributed by atoms with Gasteiger partial charge >= 0.3 is 5.97 Å². The number of aromatic nitrogens is 2. The molecule has 0 aromatic carbocycles. The minimum absolute atomic E-state index is 0.168. The Morgan fingerprint density at radius 2 is 2.28 bits per heavy atom. The van der Waals surface area contributed by atoms with Crippen LogP contribution in [0.5, 0.6) is 0 Å². The van der Waals surface area contributed by atoms with Crippen molar-refractivity contribution in [2.24, 2.45) is 0 Å². The van der Waals surface area contributed by atoms with Crippen molar-refractivity contribution < 1.29 is 9.53 Å². The number of hydrogen-bond donors (Lipinski definition) is 1. The van der Waals surface area contributed by atoms with Gasteiger partial charge in [-0.05, 0) is 28.1 Å². The number of carbonyl (C=O) groups excluding carboxylic acids is 1. The molecule has 0 aliphatic heterocycles. The van der Waals surface area contributed by atoms with E-state index in [-0.39, 0.29) is 12.4 Å². The summed E-state index contributed by atoms with van der Waals surface area (Å²) in [6.45, 7) is 0.168. The number of nitrogens with two attached hydrogens (primary N) is 1. The van der Waals surface area contributed by atoms with Crippen molar-refractivity contribution in [1.82, 2.24) is 9.97 Å². The fraction of sp³-hybridized carbons (Fsp3) is 0.0833. The minimum Gasteiger partial charge on any atom is -0.457 e. The Kier molecular flexibility index (Phi) is 3.88. The molecule has 0 unspecified atom stereocenters. The largest absolute Gasteiger partial charge is 0.457 e. The first-order valence-electron chi connectivity index (χ1n) is 5.14. The number of nitrogen functional groups attached to an aromatic ring is 1. The highest BCUT2D eigenvalue weighted by Crippen LogP contribution is 2.18. The van der Waals surface area contributed by atoms with Crippen molar-refractivity contribution >= 4 is 27.7 Å². The highest BCUT2D eigenvalue weighted by Gasteiger charge is 2.12. The van der Waals surface area contributed by atoms with E-state index >= 15 is 0 Å². The molecule has 0 saturated carbocycles. The number of nitrogens with zero attached hydrogens (tertiary/aromatic N) is 2. The summed E-state index contributed by atoms with van der Waals surface area (Å²) in [7, 11) is 0. The molecule has 2 aromatic heterocycles. The quantitative estimate of drug-likeness (QED) is 0.879. The molecule has 0 bridgehead atoms. The molecular weight excluding hydrogens is 298 g/mol. The molecule has 5 nitrogen and oxygen atoms in total. The molecule has 0 spiro atoms. The fourth-order valence-electron chi connectivity index (χ4n) is 1.32. The van der Waals surface area contributed by atoms with Crippen molar-refractivity contribution in [3.63, 3.8) is 0 Å². The van der Waals surface area contributed by atoms with Gasteiger partial charge < -0.3 is 10.5 Å². The van der Waals surface area contributed by atoms with Crippen LogP contribution in [-0.2, 0) is 11.3 Å². The van der Waals surface area contributed by atoms with Gasteiger partial charge in [0.05, 0.1) is 10.0 Å². The zero-order valence-corrected chi connectivity index (χ0v) is 10.9. The summed E-state index contributed by atoms with van der Waals surface area (Å²) in [5.74, 6) is -0.189. The molecule has 2 aromatic rings. The maximum Gasteiger partial charge on any atom is 0.339 e. The average Bonchev–Trinajstić information content (AvgIpc) is 2.40. The van der Waals surface area contributed by atoms with Gasteiger partial charge in [0.25, 0.3) is 0 Å². The molecule has 2 heterocycles. The minimum atomic E-state index is -0.458. The third kappa shape index (κ3) is 3.04. The first kappa shape index (κ1) is 12.5. The predicted molar refractivity (Wildman–Crippen MR) is 69.7 cm³/mol. The van der Waals surface area contributed by atoms with E-state index in [4.69, 9.17) is 10.5 Å². The molecule has 0 fully saturated rings. The van der Waals surface area contributed by atoms with Gasteiger partial charge in [0, 0.05) is 24.2 Å². The second-order valence-electron chi connectivity index (χ2n) is 3.53. The van der Waals surface area contributed by atoms with E-state index in [0.29, 0.717) is 10.0 Å². The van der Waals surface area contributed by atoms with Crippen LogP contribution in [0, 0.1) is 0 Å². The lowest BCUT2D eigenvalue weighted by atomic mass is 10.2. The number of pyridine rings is 2. The fourth-order valence-corrected chi connectivity index (χ4v) is 1.70. The van der Waals surface area contributed by atoms with Crippen LogP contribution in [0.4, 0.5) is 5.82 Å². The van der Waals surface area contributed by atoms with Gasteiger partial charge in [0.2, 0.25) is 0 Å². The molecule has 6 heteroatoms. The second-order valence-corrected chi connectivity index (χ2v) is 4.38. The van der Waals surface area contributed by atoms with Gasteiger partial charge in [-0.25, -0.2) is 9.78 Å². The highest BCUT2D eigenvalue weighted by molar-refractivity contribution is 9.10. The number of esters is 1. The monoisotopic (exact) mass is 307 g/mol. The summed E-state index contributed by atoms with van der Waals surface area (Å²) in [6, 6.07) is 5.08. The third-order valence-electron chi connectivity index (χ3n) is 2.19. The maximum atomic E-state index is 11.8. The lowest BCUT2D eigenvalue weighted by molar-refractivity contribution is 0.0471. The molecule has 0 amide bonds. The van der Waals surface area contributed by atoms with Crippen LogP contribution in [-0.4, -0.2) is 15.9 Å². The summed E-state index contributed by atoms with van der Waals surface area (Å²) >= 11 is 3.23. The molecule has 2 rings (SSSR count). The third-order valence-corrected chi connectivity index (χ3v) is 2.82. The standard InChI is InChI=1S/C12H10BrN3O2/c13-10-6-16-11(14)4-9(10)12(17)18-7-8-2-1-3-15-5-8/h1-6H,7H2,(H2,14,16). The van der Waals surface area contributed by atoms with Gasteiger partial charge in [0.1, 0.15) is 12.4 Å².